The van der Waals surface area contributed by atoms with Gasteiger partial charge in [-0.2, -0.15) is 0 Å². The van der Waals surface area contributed by atoms with Crippen LogP contribution in [0.25, 0.3) is 32.0 Å². The molecule has 0 saturated carbocycles. The fraction of sp³-hybridized carbons (Fsp3) is 0.625. The van der Waals surface area contributed by atoms with Gasteiger partial charge in [-0.3, -0.25) is 0 Å². The van der Waals surface area contributed by atoms with E-state index in [0.29, 0.717) is 11.8 Å². The van der Waals surface area contributed by atoms with Gasteiger partial charge in [-0.05, 0) is 116 Å². The minimum Gasteiger partial charge on any atom is -0.128 e. The molecule has 0 saturated heterocycles. The van der Waals surface area contributed by atoms with Crippen LogP contribution in [0, 0.1) is 11.8 Å². The smallest absolute Gasteiger partial charge is 0.0711 e. The van der Waals surface area contributed by atoms with Crippen molar-refractivity contribution in [3.8, 4) is 20.9 Å². The number of hydrogen-bond donors (Lipinski definition) is 0. The maximum absolute atomic E-state index is 3.92. The zero-order valence-corrected chi connectivity index (χ0v) is 38.0. The van der Waals surface area contributed by atoms with Crippen molar-refractivity contribution >= 4 is 65.7 Å². The van der Waals surface area contributed by atoms with E-state index in [1.807, 2.05) is 22.7 Å². The molecule has 2 unspecified atom stereocenters. The number of rotatable bonds is 26. The fourth-order valence-corrected chi connectivity index (χ4v) is 12.0. The second-order valence-electron chi connectivity index (χ2n) is 16.0. The van der Waals surface area contributed by atoms with Crippen LogP contribution in [0.2, 0.25) is 0 Å². The molecule has 2 heterocycles. The predicted octanol–water partition coefficient (Wildman–Crippen LogP) is 18.8. The second-order valence-corrected chi connectivity index (χ2v) is 20.9. The van der Waals surface area contributed by atoms with Crippen LogP contribution in [0.4, 0.5) is 0 Å². The summed E-state index contributed by atoms with van der Waals surface area (Å²) in [6.07, 6.45) is 38.1. The van der Waals surface area contributed by atoms with Gasteiger partial charge in [-0.1, -0.05) is 168 Å². The van der Waals surface area contributed by atoms with Crippen LogP contribution in [0.5, 0.6) is 0 Å². The van der Waals surface area contributed by atoms with Crippen molar-refractivity contribution < 1.29 is 0 Å². The van der Waals surface area contributed by atoms with E-state index in [-0.39, 0.29) is 0 Å². The Morgan fingerprint density at radius 3 is 1.06 bits per heavy atom. The van der Waals surface area contributed by atoms with E-state index in [1.165, 1.54) is 216 Å². The summed E-state index contributed by atoms with van der Waals surface area (Å²) in [7, 11) is 0. The van der Waals surface area contributed by atoms with Gasteiger partial charge in [0.05, 0.1) is 7.57 Å². The van der Waals surface area contributed by atoms with Crippen LogP contribution in [0.3, 0.4) is 0 Å². The minimum absolute atomic E-state index is 0.654. The molecule has 2 atom stereocenters. The maximum Gasteiger partial charge on any atom is 0.0711 e. The molecule has 2 aromatic heterocycles. The normalized spacial score (nSPS) is 15.7. The van der Waals surface area contributed by atoms with Crippen molar-refractivity contribution in [2.75, 3.05) is 0 Å². The molecular formula is C48H68Br2S2. The summed E-state index contributed by atoms with van der Waals surface area (Å²) in [5.41, 5.74) is 11.8. The fourth-order valence-electron chi connectivity index (χ4n) is 8.73. The van der Waals surface area contributed by atoms with Gasteiger partial charge in [0.2, 0.25) is 0 Å². The standard InChI is InChI=1S/C48H68Br2S2/c1-5-9-13-17-19-23-27-35(25-21-15-11-7-3)29-37-39-31-42-40(32-41(39)47-43(37)33-45(49)51-47)38(44-34-46(50)52-48(42)44)30-36(26-22-16-12-8-4)28-24-20-18-14-10-6-2/h29-36H,5-28H2,1-4H3/b37-29-,38-30-. The van der Waals surface area contributed by atoms with E-state index in [0.717, 1.165) is 0 Å². The van der Waals surface area contributed by atoms with Gasteiger partial charge in [0.15, 0.2) is 0 Å². The van der Waals surface area contributed by atoms with E-state index >= 15 is 0 Å². The number of hydrogen-bond acceptors (Lipinski definition) is 2. The number of halogens is 2. The Balaban J connectivity index is 1.48. The summed E-state index contributed by atoms with van der Waals surface area (Å²) < 4.78 is 2.52. The molecule has 0 bridgehead atoms. The molecule has 2 aliphatic carbocycles. The lowest BCUT2D eigenvalue weighted by Crippen LogP contribution is -2.00. The summed E-state index contributed by atoms with van der Waals surface area (Å²) in [6, 6.07) is 10.1. The Kier molecular flexibility index (Phi) is 18.3. The number of allylic oxidation sites excluding steroid dienone is 2. The molecule has 4 heteroatoms. The van der Waals surface area contributed by atoms with Crippen molar-refractivity contribution in [1.82, 2.24) is 0 Å². The predicted molar refractivity (Wildman–Crippen MR) is 243 cm³/mol. The third-order valence-electron chi connectivity index (χ3n) is 11.7. The summed E-state index contributed by atoms with van der Waals surface area (Å²) in [4.78, 5) is 2.94. The van der Waals surface area contributed by atoms with E-state index < -0.39 is 0 Å². The Morgan fingerprint density at radius 2 is 0.712 bits per heavy atom. The van der Waals surface area contributed by atoms with E-state index in [4.69, 9.17) is 0 Å². The van der Waals surface area contributed by atoms with Crippen LogP contribution in [0.15, 0.2) is 44.0 Å². The first-order valence-corrected chi connectivity index (χ1v) is 24.9. The SMILES string of the molecule is CCCCCCCCC(/C=C1/c2cc3c(cc2-c2sc(Br)cc21)/C(=C/C(CCCCCC)CCCCCCCC)c1cc(Br)sc1-3)CCCCCC. The molecule has 0 radical (unpaired) electrons. The molecule has 0 aliphatic heterocycles. The molecule has 5 rings (SSSR count). The van der Waals surface area contributed by atoms with Gasteiger partial charge in [0.25, 0.3) is 0 Å². The molecule has 1 aromatic carbocycles. The highest BCUT2D eigenvalue weighted by Crippen LogP contribution is 2.57. The summed E-state index contributed by atoms with van der Waals surface area (Å²) in [5, 5.41) is 0. The molecule has 0 fully saturated rings. The summed E-state index contributed by atoms with van der Waals surface area (Å²) >= 11 is 11.7. The van der Waals surface area contributed by atoms with E-state index in [2.05, 4.69) is 96.0 Å². The molecule has 286 valence electrons. The molecule has 0 N–H and O–H groups in total. The van der Waals surface area contributed by atoms with Crippen LogP contribution in [-0.2, 0) is 0 Å². The summed E-state index contributed by atoms with van der Waals surface area (Å²) in [6.45, 7) is 9.31. The molecule has 0 amide bonds. The zero-order chi connectivity index (χ0) is 36.7. The highest BCUT2D eigenvalue weighted by Gasteiger charge is 2.33. The molecule has 2 aliphatic rings. The molecule has 0 spiro atoms. The molecule has 0 nitrogen and oxygen atoms in total. The molecular weight excluding hydrogens is 800 g/mol. The largest absolute Gasteiger partial charge is 0.128 e. The maximum atomic E-state index is 3.92. The number of fused-ring (bicyclic) bond motifs is 6. The number of thiophene rings is 2. The highest BCUT2D eigenvalue weighted by atomic mass is 79.9. The van der Waals surface area contributed by atoms with Crippen molar-refractivity contribution in [2.24, 2.45) is 11.8 Å². The van der Waals surface area contributed by atoms with Crippen molar-refractivity contribution in [3.63, 3.8) is 0 Å². The summed E-state index contributed by atoms with van der Waals surface area (Å²) in [5.74, 6) is 1.31. The quantitative estimate of drug-likeness (QED) is 0.0486. The van der Waals surface area contributed by atoms with Crippen LogP contribution < -0.4 is 0 Å². The third kappa shape index (κ3) is 11.5. The third-order valence-corrected chi connectivity index (χ3v) is 15.1. The van der Waals surface area contributed by atoms with Gasteiger partial charge < -0.3 is 0 Å². The first-order chi connectivity index (χ1) is 25.5. The first kappa shape index (κ1) is 42.2. The number of benzene rings is 1. The highest BCUT2D eigenvalue weighted by molar-refractivity contribution is 9.11. The van der Waals surface area contributed by atoms with Gasteiger partial charge in [-0.15, -0.1) is 22.7 Å². The van der Waals surface area contributed by atoms with Crippen molar-refractivity contribution in [3.05, 3.63) is 66.2 Å². The van der Waals surface area contributed by atoms with Crippen LogP contribution in [-0.4, -0.2) is 0 Å². The van der Waals surface area contributed by atoms with Crippen LogP contribution >= 0.6 is 54.5 Å². The topological polar surface area (TPSA) is 0 Å². The average Bonchev–Trinajstić information content (AvgIpc) is 3.86. The van der Waals surface area contributed by atoms with Crippen molar-refractivity contribution in [2.45, 2.75) is 182 Å². The Bertz CT molecular complexity index is 1470. The Labute approximate surface area is 344 Å². The van der Waals surface area contributed by atoms with E-state index in [9.17, 15) is 0 Å². The van der Waals surface area contributed by atoms with E-state index in [1.54, 1.807) is 0 Å². The van der Waals surface area contributed by atoms with Crippen LogP contribution in [0.1, 0.15) is 204 Å². The van der Waals surface area contributed by atoms with Gasteiger partial charge in [-0.25, -0.2) is 0 Å². The number of unbranched alkanes of at least 4 members (excludes halogenated alkanes) is 16. The lowest BCUT2D eigenvalue weighted by molar-refractivity contribution is 0.470. The zero-order valence-electron chi connectivity index (χ0n) is 33.2. The minimum atomic E-state index is 0.654. The van der Waals surface area contributed by atoms with Gasteiger partial charge in [0, 0.05) is 32.0 Å². The van der Waals surface area contributed by atoms with Gasteiger partial charge >= 0.3 is 0 Å². The molecule has 52 heavy (non-hydrogen) atoms. The monoisotopic (exact) mass is 866 g/mol. The lowest BCUT2D eigenvalue weighted by Gasteiger charge is -2.16. The lowest BCUT2D eigenvalue weighted by atomic mass is 9.88. The van der Waals surface area contributed by atoms with Crippen molar-refractivity contribution in [1.29, 1.82) is 0 Å². The van der Waals surface area contributed by atoms with Gasteiger partial charge in [0.1, 0.15) is 0 Å². The average molecular weight is 869 g/mol. The Hall–Kier alpha value is -0.940. The Morgan fingerprint density at radius 1 is 0.404 bits per heavy atom. The first-order valence-electron chi connectivity index (χ1n) is 21.7. The molecule has 3 aromatic rings. The second kappa shape index (κ2) is 22.6.